The molecule has 0 aliphatic carbocycles. The van der Waals surface area contributed by atoms with Crippen LogP contribution in [0.4, 0.5) is 4.39 Å². The summed E-state index contributed by atoms with van der Waals surface area (Å²) in [4.78, 5) is 0. The first-order valence-corrected chi connectivity index (χ1v) is 4.47. The fourth-order valence-corrected chi connectivity index (χ4v) is 1.11. The molecular formula is C11H14FNO. The highest BCUT2D eigenvalue weighted by Crippen LogP contribution is 2.16. The smallest absolute Gasteiger partial charge is 0.127 e. The van der Waals surface area contributed by atoms with Crippen LogP contribution in [0.5, 0.6) is 5.75 Å². The zero-order valence-corrected chi connectivity index (χ0v) is 8.16. The minimum Gasteiger partial charge on any atom is -0.497 e. The van der Waals surface area contributed by atoms with Gasteiger partial charge < -0.3 is 10.5 Å². The van der Waals surface area contributed by atoms with E-state index in [9.17, 15) is 4.39 Å². The zero-order chi connectivity index (χ0) is 10.4. The summed E-state index contributed by atoms with van der Waals surface area (Å²) in [6, 6.07) is 4.58. The molecule has 0 radical (unpaired) electrons. The lowest BCUT2D eigenvalue weighted by atomic mass is 10.2. The van der Waals surface area contributed by atoms with E-state index in [-0.39, 0.29) is 5.82 Å². The van der Waals surface area contributed by atoms with Gasteiger partial charge in [-0.15, -0.1) is 0 Å². The molecule has 0 fully saturated rings. The van der Waals surface area contributed by atoms with E-state index in [1.807, 2.05) is 12.2 Å². The van der Waals surface area contributed by atoms with Crippen LogP contribution in [0.15, 0.2) is 24.3 Å². The van der Waals surface area contributed by atoms with Gasteiger partial charge in [0.25, 0.3) is 0 Å². The van der Waals surface area contributed by atoms with Crippen molar-refractivity contribution < 1.29 is 9.13 Å². The molecule has 0 spiro atoms. The lowest BCUT2D eigenvalue weighted by Crippen LogP contribution is -1.95. The van der Waals surface area contributed by atoms with Crippen molar-refractivity contribution in [2.24, 2.45) is 5.73 Å². The van der Waals surface area contributed by atoms with Gasteiger partial charge >= 0.3 is 0 Å². The van der Waals surface area contributed by atoms with Gasteiger partial charge in [-0.1, -0.05) is 12.2 Å². The predicted octanol–water partition coefficient (Wildman–Crippen LogP) is 2.20. The molecule has 2 nitrogen and oxygen atoms in total. The van der Waals surface area contributed by atoms with E-state index in [0.29, 0.717) is 12.3 Å². The fourth-order valence-electron chi connectivity index (χ4n) is 1.11. The highest BCUT2D eigenvalue weighted by Gasteiger charge is 1.97. The van der Waals surface area contributed by atoms with E-state index in [2.05, 4.69) is 0 Å². The average Bonchev–Trinajstić information content (AvgIpc) is 2.17. The number of methoxy groups -OCH3 is 1. The zero-order valence-electron chi connectivity index (χ0n) is 8.16. The largest absolute Gasteiger partial charge is 0.497 e. The second kappa shape index (κ2) is 5.40. The standard InChI is InChI=1S/C11H14FNO/c1-14-11-7-9(4-2-3-5-13)6-10(12)8-11/h2,4,6-8H,3,5,13H2,1H3. The highest BCUT2D eigenvalue weighted by atomic mass is 19.1. The van der Waals surface area contributed by atoms with Crippen LogP contribution >= 0.6 is 0 Å². The lowest BCUT2D eigenvalue weighted by molar-refractivity contribution is 0.411. The molecule has 2 N–H and O–H groups in total. The minimum atomic E-state index is -0.295. The summed E-state index contributed by atoms with van der Waals surface area (Å²) >= 11 is 0. The third-order valence-electron chi connectivity index (χ3n) is 1.77. The number of nitrogens with two attached hydrogens (primary N) is 1. The molecule has 14 heavy (non-hydrogen) atoms. The van der Waals surface area contributed by atoms with Gasteiger partial charge in [-0.05, 0) is 30.7 Å². The topological polar surface area (TPSA) is 35.2 Å². The first-order chi connectivity index (χ1) is 6.76. The van der Waals surface area contributed by atoms with Crippen molar-refractivity contribution in [3.63, 3.8) is 0 Å². The van der Waals surface area contributed by atoms with Gasteiger partial charge in [-0.2, -0.15) is 0 Å². The van der Waals surface area contributed by atoms with Crippen LogP contribution in [0, 0.1) is 5.82 Å². The number of ether oxygens (including phenoxy) is 1. The number of rotatable bonds is 4. The molecule has 0 heterocycles. The summed E-state index contributed by atoms with van der Waals surface area (Å²) in [6.45, 7) is 0.600. The summed E-state index contributed by atoms with van der Waals surface area (Å²) in [5, 5.41) is 0. The summed E-state index contributed by atoms with van der Waals surface area (Å²) in [7, 11) is 1.52. The van der Waals surface area contributed by atoms with Crippen LogP contribution in [0.2, 0.25) is 0 Å². The van der Waals surface area contributed by atoms with Gasteiger partial charge in [-0.25, -0.2) is 4.39 Å². The number of benzene rings is 1. The molecule has 1 aromatic rings. The van der Waals surface area contributed by atoms with E-state index >= 15 is 0 Å². The fraction of sp³-hybridized carbons (Fsp3) is 0.273. The van der Waals surface area contributed by atoms with Crippen molar-refractivity contribution in [2.75, 3.05) is 13.7 Å². The normalized spacial score (nSPS) is 10.8. The Kier molecular flexibility index (Phi) is 4.13. The van der Waals surface area contributed by atoms with Crippen molar-refractivity contribution in [2.45, 2.75) is 6.42 Å². The Morgan fingerprint density at radius 3 is 2.86 bits per heavy atom. The second-order valence-electron chi connectivity index (χ2n) is 2.90. The van der Waals surface area contributed by atoms with Crippen molar-refractivity contribution >= 4 is 6.08 Å². The van der Waals surface area contributed by atoms with E-state index in [1.54, 1.807) is 6.07 Å². The van der Waals surface area contributed by atoms with Crippen molar-refractivity contribution in [1.29, 1.82) is 0 Å². The molecule has 0 aliphatic rings. The molecule has 0 unspecified atom stereocenters. The molecular weight excluding hydrogens is 181 g/mol. The van der Waals surface area contributed by atoms with Crippen molar-refractivity contribution in [3.8, 4) is 5.75 Å². The first kappa shape index (κ1) is 10.7. The maximum atomic E-state index is 13.0. The molecule has 0 saturated heterocycles. The van der Waals surface area contributed by atoms with Crippen LogP contribution in [-0.4, -0.2) is 13.7 Å². The van der Waals surface area contributed by atoms with Gasteiger partial charge in [-0.3, -0.25) is 0 Å². The molecule has 0 amide bonds. The van der Waals surface area contributed by atoms with E-state index in [0.717, 1.165) is 12.0 Å². The Hall–Kier alpha value is -1.35. The van der Waals surface area contributed by atoms with Crippen LogP contribution in [0.25, 0.3) is 6.08 Å². The number of hydrogen-bond donors (Lipinski definition) is 1. The minimum absolute atomic E-state index is 0.295. The molecule has 1 rings (SSSR count). The Morgan fingerprint density at radius 2 is 2.21 bits per heavy atom. The van der Waals surface area contributed by atoms with Gasteiger partial charge in [0.05, 0.1) is 7.11 Å². The van der Waals surface area contributed by atoms with E-state index in [4.69, 9.17) is 10.5 Å². The monoisotopic (exact) mass is 195 g/mol. The van der Waals surface area contributed by atoms with Crippen LogP contribution in [0.3, 0.4) is 0 Å². The van der Waals surface area contributed by atoms with Crippen LogP contribution in [0.1, 0.15) is 12.0 Å². The Bertz CT molecular complexity index is 323. The molecule has 1 aromatic carbocycles. The van der Waals surface area contributed by atoms with Crippen LogP contribution in [-0.2, 0) is 0 Å². The molecule has 0 aliphatic heterocycles. The highest BCUT2D eigenvalue weighted by molar-refractivity contribution is 5.51. The summed E-state index contributed by atoms with van der Waals surface area (Å²) in [6.07, 6.45) is 4.53. The summed E-state index contributed by atoms with van der Waals surface area (Å²) < 4.78 is 17.9. The van der Waals surface area contributed by atoms with Gasteiger partial charge in [0.2, 0.25) is 0 Å². The molecule has 76 valence electrons. The summed E-state index contributed by atoms with van der Waals surface area (Å²) in [5.74, 6) is 0.231. The molecule has 0 aromatic heterocycles. The Labute approximate surface area is 83.2 Å². The van der Waals surface area contributed by atoms with Gasteiger partial charge in [0.15, 0.2) is 0 Å². The molecule has 3 heteroatoms. The predicted molar refractivity (Wildman–Crippen MR) is 55.7 cm³/mol. The van der Waals surface area contributed by atoms with Gasteiger partial charge in [0.1, 0.15) is 11.6 Å². The molecule has 0 saturated carbocycles. The third kappa shape index (κ3) is 3.18. The van der Waals surface area contributed by atoms with Crippen LogP contribution < -0.4 is 10.5 Å². The first-order valence-electron chi connectivity index (χ1n) is 4.47. The van der Waals surface area contributed by atoms with Crippen molar-refractivity contribution in [1.82, 2.24) is 0 Å². The second-order valence-corrected chi connectivity index (χ2v) is 2.90. The third-order valence-corrected chi connectivity index (χ3v) is 1.77. The quantitative estimate of drug-likeness (QED) is 0.799. The Balaban J connectivity index is 2.81. The molecule has 0 bridgehead atoms. The molecule has 0 atom stereocenters. The average molecular weight is 195 g/mol. The van der Waals surface area contributed by atoms with Crippen molar-refractivity contribution in [3.05, 3.63) is 35.7 Å². The maximum absolute atomic E-state index is 13.0. The Morgan fingerprint density at radius 1 is 1.43 bits per heavy atom. The van der Waals surface area contributed by atoms with E-state index < -0.39 is 0 Å². The number of hydrogen-bond acceptors (Lipinski definition) is 2. The SMILES string of the molecule is COc1cc(F)cc(C=CCCN)c1. The van der Waals surface area contributed by atoms with E-state index in [1.165, 1.54) is 19.2 Å². The van der Waals surface area contributed by atoms with Gasteiger partial charge in [0, 0.05) is 6.07 Å². The maximum Gasteiger partial charge on any atom is 0.127 e. The summed E-state index contributed by atoms with van der Waals surface area (Å²) in [5.41, 5.74) is 6.12. The lowest BCUT2D eigenvalue weighted by Gasteiger charge is -2.01. The number of halogens is 1.